The summed E-state index contributed by atoms with van der Waals surface area (Å²) in [6.07, 6.45) is 0. The Balaban J connectivity index is 2.30. The number of aromatic carboxylic acids is 1. The van der Waals surface area contributed by atoms with E-state index in [1.807, 2.05) is 0 Å². The summed E-state index contributed by atoms with van der Waals surface area (Å²) in [5, 5.41) is 22.8. The van der Waals surface area contributed by atoms with E-state index in [4.69, 9.17) is 5.11 Å². The number of phenolic OH excluding ortho intramolecular Hbond substituents is 1. The fraction of sp³-hybridized carbons (Fsp3) is 0.143. The minimum atomic E-state index is -1.07. The van der Waals surface area contributed by atoms with Crippen molar-refractivity contribution in [3.63, 3.8) is 0 Å². The molecule has 1 aromatic heterocycles. The molecule has 2 rings (SSSR count). The minimum absolute atomic E-state index is 0.103. The Morgan fingerprint density at radius 2 is 1.90 bits per heavy atom. The zero-order valence-corrected chi connectivity index (χ0v) is 11.7. The van der Waals surface area contributed by atoms with E-state index in [1.165, 1.54) is 12.1 Å². The first kappa shape index (κ1) is 14.1. The molecule has 0 aliphatic rings. The van der Waals surface area contributed by atoms with Crippen molar-refractivity contribution in [3.8, 4) is 5.75 Å². The van der Waals surface area contributed by atoms with E-state index in [1.54, 1.807) is 25.3 Å². The Morgan fingerprint density at radius 3 is 2.50 bits per heavy atom. The van der Waals surface area contributed by atoms with Crippen LogP contribution in [-0.2, 0) is 0 Å². The number of carboxylic acids is 1. The summed E-state index contributed by atoms with van der Waals surface area (Å²) in [5.41, 5.74) is 1.97. The first-order chi connectivity index (χ1) is 9.40. The van der Waals surface area contributed by atoms with E-state index in [9.17, 15) is 14.7 Å². The van der Waals surface area contributed by atoms with Gasteiger partial charge in [0.05, 0.1) is 5.69 Å². The largest absolute Gasteiger partial charge is 0.508 e. The van der Waals surface area contributed by atoms with Crippen LogP contribution in [0, 0.1) is 13.8 Å². The Morgan fingerprint density at radius 1 is 1.20 bits per heavy atom. The highest BCUT2D eigenvalue weighted by molar-refractivity contribution is 7.12. The second kappa shape index (κ2) is 5.34. The number of benzene rings is 1. The molecule has 104 valence electrons. The van der Waals surface area contributed by atoms with E-state index in [-0.39, 0.29) is 10.6 Å². The van der Waals surface area contributed by atoms with Crippen LogP contribution < -0.4 is 5.32 Å². The molecule has 0 spiro atoms. The smallest absolute Gasteiger partial charge is 0.348 e. The van der Waals surface area contributed by atoms with Gasteiger partial charge < -0.3 is 15.5 Å². The maximum absolute atomic E-state index is 12.1. The standard InChI is InChI=1S/C14H13NO4S/c1-7-5-9(3-4-10(7)16)13(17)15-11-8(2)6-20-12(11)14(18)19/h3-6,16H,1-2H3,(H,15,17)(H,18,19). The van der Waals surface area contributed by atoms with Crippen LogP contribution in [0.25, 0.3) is 0 Å². The van der Waals surface area contributed by atoms with E-state index < -0.39 is 11.9 Å². The highest BCUT2D eigenvalue weighted by atomic mass is 32.1. The molecule has 0 atom stereocenters. The number of hydrogen-bond donors (Lipinski definition) is 3. The van der Waals surface area contributed by atoms with Crippen LogP contribution >= 0.6 is 11.3 Å². The number of carbonyl (C=O) groups excluding carboxylic acids is 1. The summed E-state index contributed by atoms with van der Waals surface area (Å²) in [7, 11) is 0. The first-order valence-corrected chi connectivity index (χ1v) is 6.70. The third-order valence-electron chi connectivity index (χ3n) is 2.87. The van der Waals surface area contributed by atoms with Crippen molar-refractivity contribution < 1.29 is 19.8 Å². The molecule has 0 aliphatic carbocycles. The van der Waals surface area contributed by atoms with Crippen molar-refractivity contribution in [2.75, 3.05) is 5.32 Å². The molecule has 3 N–H and O–H groups in total. The van der Waals surface area contributed by atoms with Gasteiger partial charge >= 0.3 is 5.97 Å². The van der Waals surface area contributed by atoms with Gasteiger partial charge in [0, 0.05) is 5.56 Å². The SMILES string of the molecule is Cc1cc(C(=O)Nc2c(C)csc2C(=O)O)ccc1O. The second-order valence-corrected chi connectivity index (χ2v) is 5.26. The van der Waals surface area contributed by atoms with Crippen LogP contribution in [0.1, 0.15) is 31.2 Å². The number of thiophene rings is 1. The highest BCUT2D eigenvalue weighted by Gasteiger charge is 2.18. The third kappa shape index (κ3) is 2.65. The van der Waals surface area contributed by atoms with Crippen molar-refractivity contribution in [2.24, 2.45) is 0 Å². The maximum Gasteiger partial charge on any atom is 0.348 e. The summed E-state index contributed by atoms with van der Waals surface area (Å²) in [4.78, 5) is 23.3. The number of carboxylic acid groups (broad SMARTS) is 1. The number of phenols is 1. The zero-order valence-electron chi connectivity index (χ0n) is 10.9. The lowest BCUT2D eigenvalue weighted by molar-refractivity contribution is 0.0703. The molecule has 6 heteroatoms. The molecule has 5 nitrogen and oxygen atoms in total. The molecule has 0 saturated carbocycles. The summed E-state index contributed by atoms with van der Waals surface area (Å²) in [6.45, 7) is 3.42. The molecule has 2 aromatic rings. The van der Waals surface area contributed by atoms with E-state index in [0.717, 1.165) is 11.3 Å². The molecule has 1 heterocycles. The average molecular weight is 291 g/mol. The van der Waals surface area contributed by atoms with E-state index >= 15 is 0 Å². The summed E-state index contributed by atoms with van der Waals surface area (Å²) in [6, 6.07) is 4.47. The van der Waals surface area contributed by atoms with Gasteiger partial charge in [0.2, 0.25) is 0 Å². The molecule has 0 saturated heterocycles. The fourth-order valence-electron chi connectivity index (χ4n) is 1.74. The lowest BCUT2D eigenvalue weighted by Gasteiger charge is -2.07. The maximum atomic E-state index is 12.1. The molecule has 1 amide bonds. The Bertz CT molecular complexity index is 690. The van der Waals surface area contributed by atoms with Gasteiger partial charge in [-0.05, 0) is 48.6 Å². The van der Waals surface area contributed by atoms with Gasteiger partial charge in [-0.3, -0.25) is 4.79 Å². The minimum Gasteiger partial charge on any atom is -0.508 e. The van der Waals surface area contributed by atoms with Crippen LogP contribution in [0.5, 0.6) is 5.75 Å². The van der Waals surface area contributed by atoms with E-state index in [2.05, 4.69) is 5.32 Å². The van der Waals surface area contributed by atoms with Gasteiger partial charge in [-0.25, -0.2) is 4.79 Å². The van der Waals surface area contributed by atoms with Gasteiger partial charge in [0.1, 0.15) is 10.6 Å². The molecule has 0 fully saturated rings. The Hall–Kier alpha value is -2.34. The quantitative estimate of drug-likeness (QED) is 0.811. The molecule has 0 bridgehead atoms. The molecule has 0 radical (unpaired) electrons. The van der Waals surface area contributed by atoms with Crippen molar-refractivity contribution in [2.45, 2.75) is 13.8 Å². The van der Waals surface area contributed by atoms with Crippen LogP contribution in [0.3, 0.4) is 0 Å². The summed E-state index contributed by atoms with van der Waals surface area (Å²) < 4.78 is 0. The number of aromatic hydroxyl groups is 1. The molecule has 0 unspecified atom stereocenters. The topological polar surface area (TPSA) is 86.6 Å². The molecule has 0 aliphatic heterocycles. The zero-order chi connectivity index (χ0) is 14.9. The predicted octanol–water partition coefficient (Wildman–Crippen LogP) is 3.02. The number of hydrogen-bond acceptors (Lipinski definition) is 4. The average Bonchev–Trinajstić information content (AvgIpc) is 2.74. The van der Waals surface area contributed by atoms with Crippen LogP contribution in [0.2, 0.25) is 0 Å². The Kier molecular flexibility index (Phi) is 3.76. The summed E-state index contributed by atoms with van der Waals surface area (Å²) in [5.74, 6) is -1.36. The van der Waals surface area contributed by atoms with E-state index in [0.29, 0.717) is 22.4 Å². The fourth-order valence-corrected chi connectivity index (χ4v) is 2.58. The molecular weight excluding hydrogens is 278 g/mol. The van der Waals surface area contributed by atoms with Crippen molar-refractivity contribution >= 4 is 28.9 Å². The molecule has 1 aromatic carbocycles. The number of carbonyl (C=O) groups is 2. The van der Waals surface area contributed by atoms with Crippen molar-refractivity contribution in [1.29, 1.82) is 0 Å². The monoisotopic (exact) mass is 291 g/mol. The number of anilines is 1. The lowest BCUT2D eigenvalue weighted by atomic mass is 10.1. The lowest BCUT2D eigenvalue weighted by Crippen LogP contribution is -2.14. The first-order valence-electron chi connectivity index (χ1n) is 5.82. The predicted molar refractivity (Wildman–Crippen MR) is 76.8 cm³/mol. The second-order valence-electron chi connectivity index (χ2n) is 4.38. The number of aryl methyl sites for hydroxylation is 2. The van der Waals surface area contributed by atoms with Crippen LogP contribution in [0.4, 0.5) is 5.69 Å². The number of amides is 1. The van der Waals surface area contributed by atoms with Crippen LogP contribution in [-0.4, -0.2) is 22.1 Å². The Labute approximate surface area is 119 Å². The van der Waals surface area contributed by atoms with Crippen LogP contribution in [0.15, 0.2) is 23.6 Å². The summed E-state index contributed by atoms with van der Waals surface area (Å²) >= 11 is 1.07. The molecular formula is C14H13NO4S. The van der Waals surface area contributed by atoms with Crippen molar-refractivity contribution in [3.05, 3.63) is 45.1 Å². The normalized spacial score (nSPS) is 10.3. The van der Waals surface area contributed by atoms with Crippen molar-refractivity contribution in [1.82, 2.24) is 0 Å². The highest BCUT2D eigenvalue weighted by Crippen LogP contribution is 2.28. The third-order valence-corrected chi connectivity index (χ3v) is 3.95. The number of nitrogens with one attached hydrogen (secondary N) is 1. The van der Waals surface area contributed by atoms with Gasteiger partial charge in [-0.1, -0.05) is 0 Å². The van der Waals surface area contributed by atoms with Gasteiger partial charge in [-0.15, -0.1) is 11.3 Å². The molecule has 20 heavy (non-hydrogen) atoms. The van der Waals surface area contributed by atoms with Gasteiger partial charge in [0.25, 0.3) is 5.91 Å². The number of rotatable bonds is 3. The van der Waals surface area contributed by atoms with Gasteiger partial charge in [0.15, 0.2) is 0 Å². The van der Waals surface area contributed by atoms with Gasteiger partial charge in [-0.2, -0.15) is 0 Å².